The lowest BCUT2D eigenvalue weighted by Crippen LogP contribution is -2.11. The molecule has 1 aromatic carbocycles. The summed E-state index contributed by atoms with van der Waals surface area (Å²) in [6.45, 7) is 10.5. The average Bonchev–Trinajstić information content (AvgIpc) is 2.03. The number of benzene rings is 1. The van der Waals surface area contributed by atoms with Gasteiger partial charge in [0, 0.05) is 0 Å². The van der Waals surface area contributed by atoms with Gasteiger partial charge >= 0.3 is 0 Å². The summed E-state index contributed by atoms with van der Waals surface area (Å²) < 4.78 is 0. The highest BCUT2D eigenvalue weighted by Gasteiger charge is 2.12. The molecule has 0 heterocycles. The molecule has 12 heavy (non-hydrogen) atoms. The summed E-state index contributed by atoms with van der Waals surface area (Å²) >= 11 is 0. The van der Waals surface area contributed by atoms with Crippen LogP contribution in [-0.2, 0) is 11.8 Å². The molecule has 0 amide bonds. The maximum absolute atomic E-state index is 4.10. The molecule has 1 rings (SSSR count). The topological polar surface area (TPSA) is 0 Å². The van der Waals surface area contributed by atoms with E-state index in [2.05, 4.69) is 52.0 Å². The largest absolute Gasteiger partial charge is 0.0613 e. The Kier molecular flexibility index (Phi) is 2.56. The zero-order valence-electron chi connectivity index (χ0n) is 8.22. The predicted octanol–water partition coefficient (Wildman–Crippen LogP) is 3.36. The van der Waals surface area contributed by atoms with Crippen LogP contribution in [0.25, 0.3) is 0 Å². The summed E-state index contributed by atoms with van der Waals surface area (Å²) in [7, 11) is 0. The van der Waals surface area contributed by atoms with E-state index in [9.17, 15) is 0 Å². The molecule has 65 valence electrons. The highest BCUT2D eigenvalue weighted by molar-refractivity contribution is 5.28. The molecule has 0 fully saturated rings. The summed E-state index contributed by atoms with van der Waals surface area (Å²) in [4.78, 5) is 0. The SMILES string of the molecule is [CH2]C(C)(C)c1ccc(CC)cc1. The third kappa shape index (κ3) is 2.10. The zero-order valence-corrected chi connectivity index (χ0v) is 8.22. The van der Waals surface area contributed by atoms with Crippen molar-refractivity contribution >= 4 is 0 Å². The molecule has 0 bridgehead atoms. The summed E-state index contributed by atoms with van der Waals surface area (Å²) in [6, 6.07) is 8.71. The Balaban J connectivity index is 2.93. The van der Waals surface area contributed by atoms with Gasteiger partial charge in [-0.15, -0.1) is 0 Å². The first-order chi connectivity index (χ1) is 5.54. The molecule has 0 saturated carbocycles. The van der Waals surface area contributed by atoms with E-state index in [0.717, 1.165) is 6.42 Å². The first-order valence-corrected chi connectivity index (χ1v) is 4.49. The minimum Gasteiger partial charge on any atom is -0.0613 e. The van der Waals surface area contributed by atoms with E-state index < -0.39 is 0 Å². The number of rotatable bonds is 2. The van der Waals surface area contributed by atoms with Crippen molar-refractivity contribution in [2.75, 3.05) is 0 Å². The quantitative estimate of drug-likeness (QED) is 0.624. The van der Waals surface area contributed by atoms with E-state index >= 15 is 0 Å². The summed E-state index contributed by atoms with van der Waals surface area (Å²) in [5.74, 6) is 0. The molecule has 0 aliphatic carbocycles. The van der Waals surface area contributed by atoms with Gasteiger partial charge in [0.05, 0.1) is 0 Å². The summed E-state index contributed by atoms with van der Waals surface area (Å²) in [5, 5.41) is 0. The fraction of sp³-hybridized carbons (Fsp3) is 0.417. The van der Waals surface area contributed by atoms with Crippen molar-refractivity contribution in [2.45, 2.75) is 32.6 Å². The average molecular weight is 161 g/mol. The van der Waals surface area contributed by atoms with Crippen LogP contribution < -0.4 is 0 Å². The van der Waals surface area contributed by atoms with Gasteiger partial charge in [-0.1, -0.05) is 45.0 Å². The van der Waals surface area contributed by atoms with Crippen LogP contribution in [0.3, 0.4) is 0 Å². The van der Waals surface area contributed by atoms with Crippen molar-refractivity contribution in [3.63, 3.8) is 0 Å². The molecule has 1 aromatic rings. The van der Waals surface area contributed by atoms with Crippen molar-refractivity contribution in [3.8, 4) is 0 Å². The number of hydrogen-bond acceptors (Lipinski definition) is 0. The van der Waals surface area contributed by atoms with E-state index in [-0.39, 0.29) is 5.41 Å². The molecule has 0 spiro atoms. The fourth-order valence-electron chi connectivity index (χ4n) is 1.19. The Labute approximate surface area is 75.6 Å². The van der Waals surface area contributed by atoms with Crippen LogP contribution in [-0.4, -0.2) is 0 Å². The highest BCUT2D eigenvalue weighted by atomic mass is 14.2. The fourth-order valence-corrected chi connectivity index (χ4v) is 1.19. The zero-order chi connectivity index (χ0) is 9.19. The van der Waals surface area contributed by atoms with Gasteiger partial charge in [-0.3, -0.25) is 0 Å². The molecule has 0 aliphatic rings. The van der Waals surface area contributed by atoms with Crippen LogP contribution >= 0.6 is 0 Å². The second kappa shape index (κ2) is 3.30. The lowest BCUT2D eigenvalue weighted by atomic mass is 9.86. The highest BCUT2D eigenvalue weighted by Crippen LogP contribution is 2.21. The Hall–Kier alpha value is -0.780. The number of hydrogen-bond donors (Lipinski definition) is 0. The number of aryl methyl sites for hydroxylation is 1. The molecule has 1 radical (unpaired) electrons. The van der Waals surface area contributed by atoms with E-state index in [4.69, 9.17) is 0 Å². The van der Waals surface area contributed by atoms with E-state index in [0.29, 0.717) is 0 Å². The van der Waals surface area contributed by atoms with Crippen LogP contribution in [0.5, 0.6) is 0 Å². The van der Waals surface area contributed by atoms with Crippen LogP contribution in [0.1, 0.15) is 31.9 Å². The van der Waals surface area contributed by atoms with Gasteiger partial charge in [0.2, 0.25) is 0 Å². The maximum Gasteiger partial charge on any atom is -0.0103 e. The first-order valence-electron chi connectivity index (χ1n) is 4.49. The standard InChI is InChI=1S/C12H17/c1-5-10-6-8-11(9-7-10)12(2,3)4/h6-9H,2,5H2,1,3-4H3. The summed E-state index contributed by atoms with van der Waals surface area (Å²) in [6.07, 6.45) is 1.11. The maximum atomic E-state index is 4.10. The monoisotopic (exact) mass is 161 g/mol. The van der Waals surface area contributed by atoms with E-state index in [1.807, 2.05) is 0 Å². The molecule has 0 N–H and O–H groups in total. The Morgan fingerprint density at radius 2 is 1.67 bits per heavy atom. The van der Waals surface area contributed by atoms with Crippen LogP contribution in [0, 0.1) is 6.92 Å². The van der Waals surface area contributed by atoms with Crippen LogP contribution in [0.15, 0.2) is 24.3 Å². The molecule has 0 aromatic heterocycles. The Morgan fingerprint density at radius 1 is 1.17 bits per heavy atom. The second-order valence-electron chi connectivity index (χ2n) is 3.93. The molecular weight excluding hydrogens is 144 g/mol. The van der Waals surface area contributed by atoms with Gasteiger partial charge < -0.3 is 0 Å². The molecule has 0 aliphatic heterocycles. The molecule has 0 atom stereocenters. The third-order valence-electron chi connectivity index (χ3n) is 2.14. The molecule has 0 unspecified atom stereocenters. The smallest absolute Gasteiger partial charge is 0.0103 e. The molecule has 0 nitrogen and oxygen atoms in total. The third-order valence-corrected chi connectivity index (χ3v) is 2.14. The molecule has 0 heteroatoms. The minimum absolute atomic E-state index is 0.0340. The van der Waals surface area contributed by atoms with Crippen LogP contribution in [0.2, 0.25) is 0 Å². The van der Waals surface area contributed by atoms with Gasteiger partial charge in [-0.25, -0.2) is 0 Å². The van der Waals surface area contributed by atoms with Crippen molar-refractivity contribution in [1.29, 1.82) is 0 Å². The predicted molar refractivity (Wildman–Crippen MR) is 54.2 cm³/mol. The van der Waals surface area contributed by atoms with Gasteiger partial charge in [0.15, 0.2) is 0 Å². The summed E-state index contributed by atoms with van der Waals surface area (Å²) in [5.41, 5.74) is 2.73. The van der Waals surface area contributed by atoms with Crippen molar-refractivity contribution in [3.05, 3.63) is 42.3 Å². The minimum atomic E-state index is 0.0340. The lowest BCUT2D eigenvalue weighted by Gasteiger charge is -2.18. The van der Waals surface area contributed by atoms with Crippen molar-refractivity contribution in [2.24, 2.45) is 0 Å². The Morgan fingerprint density at radius 3 is 2.00 bits per heavy atom. The second-order valence-corrected chi connectivity index (χ2v) is 3.93. The molecule has 0 saturated heterocycles. The van der Waals surface area contributed by atoms with Crippen LogP contribution in [0.4, 0.5) is 0 Å². The van der Waals surface area contributed by atoms with Crippen molar-refractivity contribution in [1.82, 2.24) is 0 Å². The van der Waals surface area contributed by atoms with Crippen molar-refractivity contribution < 1.29 is 0 Å². The van der Waals surface area contributed by atoms with Gasteiger partial charge in [-0.05, 0) is 29.9 Å². The van der Waals surface area contributed by atoms with E-state index in [1.54, 1.807) is 0 Å². The first kappa shape index (κ1) is 9.31. The normalized spacial score (nSPS) is 11.7. The van der Waals surface area contributed by atoms with Gasteiger partial charge in [-0.2, -0.15) is 0 Å². The molecular formula is C12H17. The van der Waals surface area contributed by atoms with E-state index in [1.165, 1.54) is 11.1 Å². The van der Waals surface area contributed by atoms with Gasteiger partial charge in [0.25, 0.3) is 0 Å². The van der Waals surface area contributed by atoms with Gasteiger partial charge in [0.1, 0.15) is 0 Å². The lowest BCUT2D eigenvalue weighted by molar-refractivity contribution is 0.664. The Bertz CT molecular complexity index is 236.